The summed E-state index contributed by atoms with van der Waals surface area (Å²) in [5, 5.41) is 5.59. The second-order valence-corrected chi connectivity index (χ2v) is 9.49. The van der Waals surface area contributed by atoms with Crippen LogP contribution in [0.15, 0.2) is 72.8 Å². The third-order valence-corrected chi connectivity index (χ3v) is 6.74. The molecule has 0 unspecified atom stereocenters. The van der Waals surface area contributed by atoms with E-state index in [2.05, 4.69) is 88.4 Å². The molecule has 150 valence electrons. The van der Waals surface area contributed by atoms with E-state index in [0.29, 0.717) is 5.02 Å². The SMILES string of the molecule is CC1(C)OB(c2cc(Cl)cc(-c3cc4ccccc4c4ccccc34)c2)OC1(C)C. The van der Waals surface area contributed by atoms with Crippen molar-refractivity contribution in [2.75, 3.05) is 0 Å². The topological polar surface area (TPSA) is 18.5 Å². The van der Waals surface area contributed by atoms with Crippen molar-refractivity contribution in [1.82, 2.24) is 0 Å². The van der Waals surface area contributed by atoms with Crippen molar-refractivity contribution >= 4 is 45.7 Å². The van der Waals surface area contributed by atoms with Crippen molar-refractivity contribution in [2.24, 2.45) is 0 Å². The predicted octanol–water partition coefficient (Wildman–Crippen LogP) is 6.61. The quantitative estimate of drug-likeness (QED) is 0.271. The summed E-state index contributed by atoms with van der Waals surface area (Å²) in [4.78, 5) is 0. The summed E-state index contributed by atoms with van der Waals surface area (Å²) in [6.07, 6.45) is 0. The van der Waals surface area contributed by atoms with Crippen LogP contribution in [-0.4, -0.2) is 18.3 Å². The van der Waals surface area contributed by atoms with Gasteiger partial charge in [-0.1, -0.05) is 66.2 Å². The second kappa shape index (κ2) is 6.85. The van der Waals surface area contributed by atoms with Crippen LogP contribution in [0, 0.1) is 0 Å². The number of hydrogen-bond acceptors (Lipinski definition) is 2. The zero-order valence-corrected chi connectivity index (χ0v) is 18.5. The largest absolute Gasteiger partial charge is 0.494 e. The monoisotopic (exact) mass is 414 g/mol. The molecule has 0 bridgehead atoms. The summed E-state index contributed by atoms with van der Waals surface area (Å²) >= 11 is 6.58. The molecule has 30 heavy (non-hydrogen) atoms. The molecule has 0 amide bonds. The van der Waals surface area contributed by atoms with E-state index >= 15 is 0 Å². The molecule has 0 N–H and O–H groups in total. The van der Waals surface area contributed by atoms with E-state index in [1.807, 2.05) is 12.1 Å². The number of benzene rings is 4. The van der Waals surface area contributed by atoms with Crippen LogP contribution in [-0.2, 0) is 9.31 Å². The van der Waals surface area contributed by atoms with Crippen molar-refractivity contribution in [1.29, 1.82) is 0 Å². The van der Waals surface area contributed by atoms with Gasteiger partial charge in [-0.3, -0.25) is 0 Å². The molecule has 1 aliphatic rings. The van der Waals surface area contributed by atoms with Gasteiger partial charge in [-0.2, -0.15) is 0 Å². The van der Waals surface area contributed by atoms with E-state index in [1.54, 1.807) is 0 Å². The number of rotatable bonds is 2. The molecule has 4 aromatic rings. The summed E-state index contributed by atoms with van der Waals surface area (Å²) in [5.41, 5.74) is 2.37. The Labute approximate surface area is 182 Å². The lowest BCUT2D eigenvalue weighted by Gasteiger charge is -2.32. The van der Waals surface area contributed by atoms with Gasteiger partial charge in [-0.05, 0) is 84.0 Å². The fourth-order valence-corrected chi connectivity index (χ4v) is 4.42. The van der Waals surface area contributed by atoms with Gasteiger partial charge < -0.3 is 9.31 Å². The van der Waals surface area contributed by atoms with Gasteiger partial charge in [0.25, 0.3) is 0 Å². The molecule has 0 aromatic heterocycles. The Balaban J connectivity index is 1.70. The first-order valence-electron chi connectivity index (χ1n) is 10.3. The van der Waals surface area contributed by atoms with Crippen LogP contribution < -0.4 is 5.46 Å². The van der Waals surface area contributed by atoms with Crippen LogP contribution in [0.4, 0.5) is 0 Å². The normalized spacial score (nSPS) is 17.7. The lowest BCUT2D eigenvalue weighted by molar-refractivity contribution is 0.00578. The highest BCUT2D eigenvalue weighted by Crippen LogP contribution is 2.38. The van der Waals surface area contributed by atoms with Gasteiger partial charge in [-0.15, -0.1) is 0 Å². The van der Waals surface area contributed by atoms with E-state index < -0.39 is 18.3 Å². The second-order valence-electron chi connectivity index (χ2n) is 9.05. The highest BCUT2D eigenvalue weighted by atomic mass is 35.5. The van der Waals surface area contributed by atoms with E-state index in [9.17, 15) is 0 Å². The van der Waals surface area contributed by atoms with Gasteiger partial charge in [0.05, 0.1) is 11.2 Å². The summed E-state index contributed by atoms with van der Waals surface area (Å²) in [6.45, 7) is 8.26. The summed E-state index contributed by atoms with van der Waals surface area (Å²) in [7, 11) is -0.445. The average Bonchev–Trinajstić information content (AvgIpc) is 2.94. The molecule has 0 spiro atoms. The fourth-order valence-electron chi connectivity index (χ4n) is 4.18. The Kier molecular flexibility index (Phi) is 4.48. The summed E-state index contributed by atoms with van der Waals surface area (Å²) in [5.74, 6) is 0. The van der Waals surface area contributed by atoms with Crippen molar-refractivity contribution in [3.8, 4) is 11.1 Å². The smallest absolute Gasteiger partial charge is 0.399 e. The predicted molar refractivity (Wildman–Crippen MR) is 128 cm³/mol. The Morgan fingerprint density at radius 3 is 2.00 bits per heavy atom. The third-order valence-electron chi connectivity index (χ3n) is 6.52. The molecule has 1 saturated heterocycles. The third kappa shape index (κ3) is 3.13. The van der Waals surface area contributed by atoms with Crippen molar-refractivity contribution < 1.29 is 9.31 Å². The highest BCUT2D eigenvalue weighted by Gasteiger charge is 2.51. The van der Waals surface area contributed by atoms with E-state index in [-0.39, 0.29) is 0 Å². The summed E-state index contributed by atoms with van der Waals surface area (Å²) in [6, 6.07) is 25.4. The van der Waals surface area contributed by atoms with Gasteiger partial charge in [-0.25, -0.2) is 0 Å². The van der Waals surface area contributed by atoms with Crippen molar-refractivity contribution in [3.05, 3.63) is 77.8 Å². The van der Waals surface area contributed by atoms with Gasteiger partial charge in [0.15, 0.2) is 0 Å². The number of hydrogen-bond donors (Lipinski definition) is 0. The first-order valence-corrected chi connectivity index (χ1v) is 10.7. The first kappa shape index (κ1) is 19.6. The molecule has 0 aliphatic carbocycles. The van der Waals surface area contributed by atoms with Crippen LogP contribution in [0.25, 0.3) is 32.7 Å². The zero-order valence-electron chi connectivity index (χ0n) is 17.7. The molecule has 4 heteroatoms. The summed E-state index contributed by atoms with van der Waals surface area (Å²) < 4.78 is 12.5. The standard InChI is InChI=1S/C26H24BClO2/c1-25(2)26(3,4)30-27(29-25)19-13-18(14-20(28)16-19)24-15-17-9-5-6-10-21(17)22-11-7-8-12-23(22)24/h5-16H,1-4H3. The lowest BCUT2D eigenvalue weighted by Crippen LogP contribution is -2.41. The molecule has 0 radical (unpaired) electrons. The number of fused-ring (bicyclic) bond motifs is 3. The van der Waals surface area contributed by atoms with Crippen molar-refractivity contribution in [3.63, 3.8) is 0 Å². The molecule has 5 rings (SSSR count). The molecular formula is C26H24BClO2. The molecule has 2 nitrogen and oxygen atoms in total. The van der Waals surface area contributed by atoms with Crippen LogP contribution in [0.5, 0.6) is 0 Å². The van der Waals surface area contributed by atoms with E-state index in [4.69, 9.17) is 20.9 Å². The Morgan fingerprint density at radius 2 is 1.30 bits per heavy atom. The molecule has 1 fully saturated rings. The molecule has 1 aliphatic heterocycles. The van der Waals surface area contributed by atoms with Crippen molar-refractivity contribution in [2.45, 2.75) is 38.9 Å². The minimum absolute atomic E-state index is 0.393. The molecule has 1 heterocycles. The van der Waals surface area contributed by atoms with Gasteiger partial charge in [0, 0.05) is 5.02 Å². The van der Waals surface area contributed by atoms with Gasteiger partial charge in [0.2, 0.25) is 0 Å². The Bertz CT molecular complexity index is 1260. The van der Waals surface area contributed by atoms with Crippen LogP contribution >= 0.6 is 11.6 Å². The first-order chi connectivity index (χ1) is 14.2. The maximum absolute atomic E-state index is 6.58. The van der Waals surface area contributed by atoms with Crippen LogP contribution in [0.1, 0.15) is 27.7 Å². The molecule has 4 aromatic carbocycles. The van der Waals surface area contributed by atoms with Crippen LogP contribution in [0.3, 0.4) is 0 Å². The maximum Gasteiger partial charge on any atom is 0.494 e. The highest BCUT2D eigenvalue weighted by molar-refractivity contribution is 6.62. The van der Waals surface area contributed by atoms with Gasteiger partial charge in [0.1, 0.15) is 0 Å². The molecule has 0 saturated carbocycles. The Hall–Kier alpha value is -2.33. The minimum atomic E-state index is -0.445. The van der Waals surface area contributed by atoms with Crippen LogP contribution in [0.2, 0.25) is 5.02 Å². The number of halogens is 1. The minimum Gasteiger partial charge on any atom is -0.399 e. The van der Waals surface area contributed by atoms with Gasteiger partial charge >= 0.3 is 7.12 Å². The van der Waals surface area contributed by atoms with E-state index in [1.165, 1.54) is 21.5 Å². The lowest BCUT2D eigenvalue weighted by atomic mass is 9.77. The fraction of sp³-hybridized carbons (Fsp3) is 0.231. The maximum atomic E-state index is 6.58. The molecule has 0 atom stereocenters. The zero-order chi connectivity index (χ0) is 21.1. The molecular weight excluding hydrogens is 391 g/mol. The Morgan fingerprint density at radius 1 is 0.700 bits per heavy atom. The van der Waals surface area contributed by atoms with E-state index in [0.717, 1.165) is 16.6 Å². The average molecular weight is 415 g/mol.